The zero-order chi connectivity index (χ0) is 13.1. The lowest BCUT2D eigenvalue weighted by molar-refractivity contribution is 0.439. The molecule has 2 rings (SSSR count). The highest BCUT2D eigenvalue weighted by molar-refractivity contribution is 5.37. The molecule has 1 aromatic heterocycles. The van der Waals surface area contributed by atoms with Crippen LogP contribution in [-0.2, 0) is 0 Å². The lowest BCUT2D eigenvalue weighted by Gasteiger charge is -2.05. The lowest BCUT2D eigenvalue weighted by Crippen LogP contribution is -1.99. The quantitative estimate of drug-likeness (QED) is 0.833. The fraction of sp³-hybridized carbons (Fsp3) is 0.231. The van der Waals surface area contributed by atoms with Crippen molar-refractivity contribution in [2.45, 2.75) is 19.9 Å². The van der Waals surface area contributed by atoms with E-state index in [1.165, 1.54) is 18.3 Å². The molecule has 0 atom stereocenters. The average Bonchev–Trinajstić information content (AvgIpc) is 2.80. The van der Waals surface area contributed by atoms with E-state index in [0.717, 1.165) is 6.07 Å². The highest BCUT2D eigenvalue weighted by Gasteiger charge is 2.08. The summed E-state index contributed by atoms with van der Waals surface area (Å²) in [6, 6.07) is 6.16. The number of nitriles is 1. The molecule has 0 bridgehead atoms. The van der Waals surface area contributed by atoms with Crippen LogP contribution in [0.25, 0.3) is 0 Å². The van der Waals surface area contributed by atoms with Gasteiger partial charge in [0.1, 0.15) is 0 Å². The van der Waals surface area contributed by atoms with Crippen LogP contribution in [0.3, 0.4) is 0 Å². The van der Waals surface area contributed by atoms with Gasteiger partial charge in [-0.3, -0.25) is 4.68 Å². The van der Waals surface area contributed by atoms with Crippen LogP contribution in [-0.4, -0.2) is 9.78 Å². The van der Waals surface area contributed by atoms with Gasteiger partial charge in [-0.15, -0.1) is 0 Å². The summed E-state index contributed by atoms with van der Waals surface area (Å²) >= 11 is 0. The van der Waals surface area contributed by atoms with Crippen LogP contribution in [0.1, 0.15) is 25.5 Å². The summed E-state index contributed by atoms with van der Waals surface area (Å²) in [5.74, 6) is -0.0176. The Morgan fingerprint density at radius 2 is 2.22 bits per heavy atom. The highest BCUT2D eigenvalue weighted by Crippen LogP contribution is 2.25. The lowest BCUT2D eigenvalue weighted by atomic mass is 10.2. The fourth-order valence-corrected chi connectivity index (χ4v) is 1.44. The standard InChI is InChI=1S/C13H12FN3O/c1-9(2)17-8-11(7-16-17)18-13-4-3-10(6-15)5-12(13)14/h3-5,7-9H,1-2H3. The van der Waals surface area contributed by atoms with Gasteiger partial charge in [-0.05, 0) is 32.0 Å². The summed E-state index contributed by atoms with van der Waals surface area (Å²) in [7, 11) is 0. The van der Waals surface area contributed by atoms with E-state index < -0.39 is 5.82 Å². The van der Waals surface area contributed by atoms with Gasteiger partial charge in [0.05, 0.1) is 24.0 Å². The number of halogens is 1. The van der Waals surface area contributed by atoms with E-state index in [0.29, 0.717) is 5.75 Å². The minimum atomic E-state index is -0.564. The smallest absolute Gasteiger partial charge is 0.167 e. The van der Waals surface area contributed by atoms with Crippen molar-refractivity contribution in [1.82, 2.24) is 9.78 Å². The topological polar surface area (TPSA) is 50.8 Å². The van der Waals surface area contributed by atoms with Crippen molar-refractivity contribution in [1.29, 1.82) is 5.26 Å². The molecule has 4 nitrogen and oxygen atoms in total. The maximum absolute atomic E-state index is 13.6. The summed E-state index contributed by atoms with van der Waals surface area (Å²) < 4.78 is 20.7. The first-order valence-corrected chi connectivity index (χ1v) is 5.52. The van der Waals surface area contributed by atoms with Crippen molar-refractivity contribution < 1.29 is 9.13 Å². The van der Waals surface area contributed by atoms with E-state index in [1.807, 2.05) is 19.9 Å². The number of rotatable bonds is 3. The number of hydrogen-bond donors (Lipinski definition) is 0. The summed E-state index contributed by atoms with van der Waals surface area (Å²) in [5.41, 5.74) is 0.262. The molecule has 92 valence electrons. The monoisotopic (exact) mass is 245 g/mol. The van der Waals surface area contributed by atoms with Gasteiger partial charge in [0.2, 0.25) is 0 Å². The number of ether oxygens (including phenoxy) is 1. The van der Waals surface area contributed by atoms with Crippen LogP contribution in [0.2, 0.25) is 0 Å². The van der Waals surface area contributed by atoms with Crippen LogP contribution in [0, 0.1) is 17.1 Å². The Kier molecular flexibility index (Phi) is 3.28. The molecule has 0 amide bonds. The Labute approximate surface area is 104 Å². The van der Waals surface area contributed by atoms with E-state index in [1.54, 1.807) is 10.9 Å². The maximum atomic E-state index is 13.6. The average molecular weight is 245 g/mol. The minimum Gasteiger partial charge on any atom is -0.451 e. The van der Waals surface area contributed by atoms with Crippen LogP contribution >= 0.6 is 0 Å². The molecule has 0 saturated carbocycles. The highest BCUT2D eigenvalue weighted by atomic mass is 19.1. The van der Waals surface area contributed by atoms with Crippen molar-refractivity contribution in [3.05, 3.63) is 42.0 Å². The van der Waals surface area contributed by atoms with Gasteiger partial charge in [0.15, 0.2) is 17.3 Å². The summed E-state index contributed by atoms with van der Waals surface area (Å²) in [6.07, 6.45) is 3.22. The number of hydrogen-bond acceptors (Lipinski definition) is 3. The van der Waals surface area contributed by atoms with Gasteiger partial charge in [0.25, 0.3) is 0 Å². The van der Waals surface area contributed by atoms with Crippen molar-refractivity contribution in [2.75, 3.05) is 0 Å². The molecule has 5 heteroatoms. The van der Waals surface area contributed by atoms with Gasteiger partial charge in [-0.2, -0.15) is 10.4 Å². The SMILES string of the molecule is CC(C)n1cc(Oc2ccc(C#N)cc2F)cn1. The molecule has 0 aliphatic carbocycles. The van der Waals surface area contributed by atoms with E-state index in [4.69, 9.17) is 10.00 Å². The molecular weight excluding hydrogens is 233 g/mol. The van der Waals surface area contributed by atoms with Gasteiger partial charge in [0, 0.05) is 6.04 Å². The first-order chi connectivity index (χ1) is 8.60. The van der Waals surface area contributed by atoms with Crippen molar-refractivity contribution >= 4 is 0 Å². The zero-order valence-electron chi connectivity index (χ0n) is 10.1. The van der Waals surface area contributed by atoms with Crippen molar-refractivity contribution in [3.63, 3.8) is 0 Å². The normalized spacial score (nSPS) is 10.4. The predicted octanol–water partition coefficient (Wildman–Crippen LogP) is 3.27. The second-order valence-electron chi connectivity index (χ2n) is 4.11. The Morgan fingerprint density at radius 1 is 1.44 bits per heavy atom. The molecule has 0 unspecified atom stereocenters. The molecule has 0 N–H and O–H groups in total. The van der Waals surface area contributed by atoms with Gasteiger partial charge < -0.3 is 4.74 Å². The molecule has 0 radical (unpaired) electrons. The Bertz CT molecular complexity index is 599. The number of benzene rings is 1. The zero-order valence-corrected chi connectivity index (χ0v) is 10.1. The Hall–Kier alpha value is -2.35. The fourth-order valence-electron chi connectivity index (χ4n) is 1.44. The largest absolute Gasteiger partial charge is 0.451 e. The third-order valence-electron chi connectivity index (χ3n) is 2.40. The molecule has 0 spiro atoms. The van der Waals surface area contributed by atoms with E-state index >= 15 is 0 Å². The molecule has 18 heavy (non-hydrogen) atoms. The first-order valence-electron chi connectivity index (χ1n) is 5.52. The van der Waals surface area contributed by atoms with Gasteiger partial charge in [-0.25, -0.2) is 4.39 Å². The Balaban J connectivity index is 2.21. The van der Waals surface area contributed by atoms with E-state index in [9.17, 15) is 4.39 Å². The Morgan fingerprint density at radius 3 is 2.78 bits per heavy atom. The summed E-state index contributed by atoms with van der Waals surface area (Å²) in [4.78, 5) is 0. The van der Waals surface area contributed by atoms with Crippen LogP contribution < -0.4 is 4.74 Å². The summed E-state index contributed by atoms with van der Waals surface area (Å²) in [6.45, 7) is 3.97. The first kappa shape index (κ1) is 12.1. The van der Waals surface area contributed by atoms with Crippen LogP contribution in [0.4, 0.5) is 4.39 Å². The van der Waals surface area contributed by atoms with Crippen molar-refractivity contribution in [3.8, 4) is 17.6 Å². The molecule has 0 saturated heterocycles. The third kappa shape index (κ3) is 2.48. The van der Waals surface area contributed by atoms with Crippen LogP contribution in [0.15, 0.2) is 30.6 Å². The van der Waals surface area contributed by atoms with Gasteiger partial charge in [-0.1, -0.05) is 0 Å². The minimum absolute atomic E-state index is 0.0808. The predicted molar refractivity (Wildman–Crippen MR) is 63.8 cm³/mol. The molecule has 1 heterocycles. The third-order valence-corrected chi connectivity index (χ3v) is 2.40. The van der Waals surface area contributed by atoms with E-state index in [-0.39, 0.29) is 17.4 Å². The molecule has 2 aromatic rings. The second kappa shape index (κ2) is 4.88. The number of aromatic nitrogens is 2. The molecular formula is C13H12FN3O. The molecule has 0 fully saturated rings. The van der Waals surface area contributed by atoms with Crippen LogP contribution in [0.5, 0.6) is 11.5 Å². The van der Waals surface area contributed by atoms with E-state index in [2.05, 4.69) is 5.10 Å². The van der Waals surface area contributed by atoms with Gasteiger partial charge >= 0.3 is 0 Å². The number of nitrogens with zero attached hydrogens (tertiary/aromatic N) is 3. The van der Waals surface area contributed by atoms with Crippen molar-refractivity contribution in [2.24, 2.45) is 0 Å². The molecule has 0 aliphatic rings. The summed E-state index contributed by atoms with van der Waals surface area (Å²) in [5, 5.41) is 12.7. The second-order valence-corrected chi connectivity index (χ2v) is 4.11. The maximum Gasteiger partial charge on any atom is 0.167 e. The molecule has 0 aliphatic heterocycles. The molecule has 1 aromatic carbocycles.